The first-order valence-electron chi connectivity index (χ1n) is 6.31. The Balaban J connectivity index is 1.56. The Labute approximate surface area is 97.2 Å². The predicted molar refractivity (Wildman–Crippen MR) is 66.3 cm³/mol. The standard InChI is InChI=1S/C12H23NOS/c14-12-3-1-2-10(6-12)7-13-8-11-4-5-15-9-11/h10-14H,1-9H2. The van der Waals surface area contributed by atoms with Crippen molar-refractivity contribution in [3.8, 4) is 0 Å². The molecule has 0 aromatic rings. The normalized spacial score (nSPS) is 37.0. The molecule has 0 aromatic heterocycles. The van der Waals surface area contributed by atoms with E-state index in [9.17, 15) is 5.11 Å². The van der Waals surface area contributed by atoms with Gasteiger partial charge in [0.25, 0.3) is 0 Å². The van der Waals surface area contributed by atoms with Gasteiger partial charge in [-0.3, -0.25) is 0 Å². The average molecular weight is 229 g/mol. The highest BCUT2D eigenvalue weighted by Crippen LogP contribution is 2.25. The van der Waals surface area contributed by atoms with Crippen LogP contribution in [0.25, 0.3) is 0 Å². The second-order valence-corrected chi connectivity index (χ2v) is 6.22. The molecule has 0 bridgehead atoms. The van der Waals surface area contributed by atoms with E-state index in [-0.39, 0.29) is 6.10 Å². The molecule has 2 aliphatic rings. The second kappa shape index (κ2) is 6.12. The molecule has 1 aliphatic carbocycles. The summed E-state index contributed by atoms with van der Waals surface area (Å²) in [5.41, 5.74) is 0. The van der Waals surface area contributed by atoms with E-state index in [1.54, 1.807) is 0 Å². The molecule has 0 spiro atoms. The third-order valence-electron chi connectivity index (χ3n) is 3.65. The lowest BCUT2D eigenvalue weighted by atomic mass is 9.87. The van der Waals surface area contributed by atoms with E-state index in [4.69, 9.17) is 0 Å². The van der Waals surface area contributed by atoms with Crippen LogP contribution in [-0.2, 0) is 0 Å². The molecule has 88 valence electrons. The average Bonchev–Trinajstić information content (AvgIpc) is 2.71. The van der Waals surface area contributed by atoms with Crippen LogP contribution in [0.4, 0.5) is 0 Å². The van der Waals surface area contributed by atoms with E-state index in [1.165, 1.54) is 37.3 Å². The largest absolute Gasteiger partial charge is 0.393 e. The van der Waals surface area contributed by atoms with Crippen molar-refractivity contribution in [2.24, 2.45) is 11.8 Å². The van der Waals surface area contributed by atoms with Crippen molar-refractivity contribution in [3.63, 3.8) is 0 Å². The first-order chi connectivity index (χ1) is 7.34. The maximum absolute atomic E-state index is 9.56. The number of hydrogen-bond donors (Lipinski definition) is 2. The van der Waals surface area contributed by atoms with Crippen molar-refractivity contribution >= 4 is 11.8 Å². The van der Waals surface area contributed by atoms with Crippen LogP contribution in [0.15, 0.2) is 0 Å². The molecule has 3 atom stereocenters. The Hall–Kier alpha value is 0.270. The Bertz CT molecular complexity index is 182. The van der Waals surface area contributed by atoms with Gasteiger partial charge in [-0.15, -0.1) is 0 Å². The third kappa shape index (κ3) is 3.97. The second-order valence-electron chi connectivity index (χ2n) is 5.07. The van der Waals surface area contributed by atoms with Crippen LogP contribution in [0.3, 0.4) is 0 Å². The van der Waals surface area contributed by atoms with Crippen LogP contribution < -0.4 is 5.32 Å². The van der Waals surface area contributed by atoms with Crippen LogP contribution in [0, 0.1) is 11.8 Å². The minimum atomic E-state index is -0.0208. The van der Waals surface area contributed by atoms with E-state index >= 15 is 0 Å². The number of aliphatic hydroxyl groups is 1. The van der Waals surface area contributed by atoms with Crippen molar-refractivity contribution in [2.75, 3.05) is 24.6 Å². The molecule has 2 nitrogen and oxygen atoms in total. The summed E-state index contributed by atoms with van der Waals surface area (Å²) in [6.07, 6.45) is 5.94. The first kappa shape index (κ1) is 11.7. The van der Waals surface area contributed by atoms with Crippen molar-refractivity contribution in [1.82, 2.24) is 5.32 Å². The SMILES string of the molecule is OC1CCCC(CNCC2CCSC2)C1. The first-order valence-corrected chi connectivity index (χ1v) is 7.46. The van der Waals surface area contributed by atoms with Crippen molar-refractivity contribution in [2.45, 2.75) is 38.2 Å². The predicted octanol–water partition coefficient (Wildman–Crippen LogP) is 1.88. The van der Waals surface area contributed by atoms with E-state index in [1.807, 2.05) is 0 Å². The molecule has 0 aromatic carbocycles. The van der Waals surface area contributed by atoms with Gasteiger partial charge in [0.1, 0.15) is 0 Å². The van der Waals surface area contributed by atoms with Crippen LogP contribution in [0.1, 0.15) is 32.1 Å². The molecule has 2 N–H and O–H groups in total. The molecule has 1 saturated carbocycles. The highest BCUT2D eigenvalue weighted by Gasteiger charge is 2.20. The quantitative estimate of drug-likeness (QED) is 0.772. The van der Waals surface area contributed by atoms with Crippen LogP contribution in [0.2, 0.25) is 0 Å². The molecule has 0 amide bonds. The molecule has 3 heteroatoms. The smallest absolute Gasteiger partial charge is 0.0543 e. The van der Waals surface area contributed by atoms with E-state index in [0.717, 1.165) is 31.2 Å². The molecule has 2 rings (SSSR count). The Morgan fingerprint density at radius 3 is 2.73 bits per heavy atom. The number of thioether (sulfide) groups is 1. The molecule has 2 fully saturated rings. The zero-order chi connectivity index (χ0) is 10.5. The van der Waals surface area contributed by atoms with Gasteiger partial charge in [-0.2, -0.15) is 11.8 Å². The molecular formula is C12H23NOS. The number of hydrogen-bond acceptors (Lipinski definition) is 3. The van der Waals surface area contributed by atoms with Gasteiger partial charge in [0.05, 0.1) is 6.10 Å². The molecule has 1 saturated heterocycles. The van der Waals surface area contributed by atoms with Crippen molar-refractivity contribution in [3.05, 3.63) is 0 Å². The summed E-state index contributed by atoms with van der Waals surface area (Å²) >= 11 is 2.09. The van der Waals surface area contributed by atoms with Gasteiger partial charge in [-0.05, 0) is 62.1 Å². The van der Waals surface area contributed by atoms with Crippen LogP contribution in [-0.4, -0.2) is 35.8 Å². The third-order valence-corrected chi connectivity index (χ3v) is 4.88. The lowest BCUT2D eigenvalue weighted by molar-refractivity contribution is 0.100. The van der Waals surface area contributed by atoms with Gasteiger partial charge in [0.15, 0.2) is 0 Å². The summed E-state index contributed by atoms with van der Waals surface area (Å²) in [7, 11) is 0. The molecular weight excluding hydrogens is 206 g/mol. The Morgan fingerprint density at radius 2 is 2.00 bits per heavy atom. The summed E-state index contributed by atoms with van der Waals surface area (Å²) in [6.45, 7) is 2.32. The van der Waals surface area contributed by atoms with Gasteiger partial charge >= 0.3 is 0 Å². The fourth-order valence-electron chi connectivity index (χ4n) is 2.68. The minimum absolute atomic E-state index is 0.0208. The molecule has 1 aliphatic heterocycles. The molecule has 3 unspecified atom stereocenters. The summed E-state index contributed by atoms with van der Waals surface area (Å²) in [5.74, 6) is 4.33. The van der Waals surface area contributed by atoms with E-state index in [2.05, 4.69) is 17.1 Å². The summed E-state index contributed by atoms with van der Waals surface area (Å²) < 4.78 is 0. The maximum atomic E-state index is 9.56. The highest BCUT2D eigenvalue weighted by molar-refractivity contribution is 7.99. The fraction of sp³-hybridized carbons (Fsp3) is 1.00. The van der Waals surface area contributed by atoms with E-state index < -0.39 is 0 Å². The van der Waals surface area contributed by atoms with E-state index in [0.29, 0.717) is 0 Å². The number of aliphatic hydroxyl groups excluding tert-OH is 1. The zero-order valence-corrected chi connectivity index (χ0v) is 10.3. The maximum Gasteiger partial charge on any atom is 0.0543 e. The lowest BCUT2D eigenvalue weighted by Gasteiger charge is -2.26. The highest BCUT2D eigenvalue weighted by atomic mass is 32.2. The topological polar surface area (TPSA) is 32.3 Å². The Morgan fingerprint density at radius 1 is 1.13 bits per heavy atom. The minimum Gasteiger partial charge on any atom is -0.393 e. The fourth-order valence-corrected chi connectivity index (χ4v) is 3.97. The summed E-state index contributed by atoms with van der Waals surface area (Å²) in [4.78, 5) is 0. The van der Waals surface area contributed by atoms with Gasteiger partial charge in [-0.25, -0.2) is 0 Å². The molecule has 1 heterocycles. The number of rotatable bonds is 4. The number of nitrogens with one attached hydrogen (secondary N) is 1. The Kier molecular flexibility index (Phi) is 4.79. The van der Waals surface area contributed by atoms with Gasteiger partial charge in [-0.1, -0.05) is 6.42 Å². The van der Waals surface area contributed by atoms with Crippen LogP contribution in [0.5, 0.6) is 0 Å². The van der Waals surface area contributed by atoms with Crippen molar-refractivity contribution in [1.29, 1.82) is 0 Å². The summed E-state index contributed by atoms with van der Waals surface area (Å²) in [5, 5.41) is 13.2. The van der Waals surface area contributed by atoms with Gasteiger partial charge in [0, 0.05) is 0 Å². The summed E-state index contributed by atoms with van der Waals surface area (Å²) in [6, 6.07) is 0. The van der Waals surface area contributed by atoms with Crippen molar-refractivity contribution < 1.29 is 5.11 Å². The lowest BCUT2D eigenvalue weighted by Crippen LogP contribution is -2.32. The molecule has 0 radical (unpaired) electrons. The van der Waals surface area contributed by atoms with Crippen LogP contribution >= 0.6 is 11.8 Å². The van der Waals surface area contributed by atoms with Gasteiger partial charge < -0.3 is 10.4 Å². The zero-order valence-electron chi connectivity index (χ0n) is 9.45. The monoisotopic (exact) mass is 229 g/mol. The molecule has 15 heavy (non-hydrogen) atoms. The van der Waals surface area contributed by atoms with Gasteiger partial charge in [0.2, 0.25) is 0 Å².